The van der Waals surface area contributed by atoms with Crippen LogP contribution in [0.25, 0.3) is 11.0 Å². The lowest BCUT2D eigenvalue weighted by molar-refractivity contribution is -0.117. The molecule has 0 fully saturated rings. The van der Waals surface area contributed by atoms with Gasteiger partial charge in [-0.1, -0.05) is 43.0 Å². The Kier molecular flexibility index (Phi) is 8.05. The Labute approximate surface area is 184 Å². The fourth-order valence-corrected chi connectivity index (χ4v) is 3.53. The lowest BCUT2D eigenvalue weighted by Gasteiger charge is -2.12. The Hall–Kier alpha value is -3.34. The first-order valence-electron chi connectivity index (χ1n) is 10.8. The van der Waals surface area contributed by atoms with E-state index < -0.39 is 0 Å². The lowest BCUT2D eigenvalue weighted by Crippen LogP contribution is -2.26. The van der Waals surface area contributed by atoms with E-state index in [-0.39, 0.29) is 5.91 Å². The monoisotopic (exact) mass is 417 g/mol. The van der Waals surface area contributed by atoms with Crippen LogP contribution in [0.5, 0.6) is 5.75 Å². The van der Waals surface area contributed by atoms with Crippen LogP contribution in [0, 0.1) is 0 Å². The van der Waals surface area contributed by atoms with Gasteiger partial charge in [-0.3, -0.25) is 4.79 Å². The number of nitrogens with zero attached hydrogens (tertiary/aromatic N) is 2. The molecule has 0 saturated carbocycles. The van der Waals surface area contributed by atoms with E-state index in [1.807, 2.05) is 42.5 Å². The van der Waals surface area contributed by atoms with Crippen LogP contribution in [0.3, 0.4) is 0 Å². The van der Waals surface area contributed by atoms with Crippen molar-refractivity contribution in [1.82, 2.24) is 14.9 Å². The number of unbranched alkanes of at least 4 members (excludes halogenated alkanes) is 1. The zero-order chi connectivity index (χ0) is 22.1. The standard InChI is InChI=1S/C26H31N3O2/c1-4-11-21-12-5-8-15-24(21)31-19-10-9-18-29-23-14-7-6-13-22(23)28-25(29)16-17-27-26(30)20(2)3/h4-8,12-15H,1-2,9-11,16-19H2,3H3,(H,27,30). The fourth-order valence-electron chi connectivity index (χ4n) is 3.53. The molecule has 0 spiro atoms. The van der Waals surface area contributed by atoms with E-state index in [0.717, 1.165) is 54.0 Å². The van der Waals surface area contributed by atoms with Gasteiger partial charge < -0.3 is 14.6 Å². The van der Waals surface area contributed by atoms with E-state index in [1.54, 1.807) is 6.92 Å². The maximum absolute atomic E-state index is 11.8. The van der Waals surface area contributed by atoms with Crippen molar-refractivity contribution >= 4 is 16.9 Å². The summed E-state index contributed by atoms with van der Waals surface area (Å²) in [5.74, 6) is 1.81. The molecule has 0 aliphatic heterocycles. The number of nitrogens with one attached hydrogen (secondary N) is 1. The predicted octanol–water partition coefficient (Wildman–Crippen LogP) is 4.86. The number of carbonyl (C=O) groups excluding carboxylic acids is 1. The highest BCUT2D eigenvalue weighted by atomic mass is 16.5. The molecule has 0 aliphatic carbocycles. The molecule has 1 amide bonds. The molecule has 0 bridgehead atoms. The number of imidazole rings is 1. The zero-order valence-electron chi connectivity index (χ0n) is 18.3. The van der Waals surface area contributed by atoms with Gasteiger partial charge in [-0.2, -0.15) is 0 Å². The second-order valence-electron chi connectivity index (χ2n) is 7.61. The Morgan fingerprint density at radius 2 is 1.94 bits per heavy atom. The Bertz CT molecular complexity index is 1050. The van der Waals surface area contributed by atoms with Crippen molar-refractivity contribution in [2.45, 2.75) is 39.2 Å². The maximum Gasteiger partial charge on any atom is 0.246 e. The van der Waals surface area contributed by atoms with Crippen LogP contribution in [0.2, 0.25) is 0 Å². The second kappa shape index (κ2) is 11.2. The van der Waals surface area contributed by atoms with Crippen molar-refractivity contribution in [3.05, 3.63) is 84.7 Å². The number of hydrogen-bond donors (Lipinski definition) is 1. The summed E-state index contributed by atoms with van der Waals surface area (Å²) in [4.78, 5) is 16.5. The van der Waals surface area contributed by atoms with Crippen LogP contribution >= 0.6 is 0 Å². The minimum atomic E-state index is -0.114. The zero-order valence-corrected chi connectivity index (χ0v) is 18.3. The average molecular weight is 418 g/mol. The second-order valence-corrected chi connectivity index (χ2v) is 7.61. The number of benzene rings is 2. The van der Waals surface area contributed by atoms with Gasteiger partial charge >= 0.3 is 0 Å². The molecule has 5 heteroatoms. The largest absolute Gasteiger partial charge is 0.493 e. The molecule has 31 heavy (non-hydrogen) atoms. The van der Waals surface area contributed by atoms with E-state index >= 15 is 0 Å². The SMILES string of the molecule is C=CCc1ccccc1OCCCCn1c(CCNC(=O)C(=C)C)nc2ccccc21. The number of ether oxygens (including phenoxy) is 1. The summed E-state index contributed by atoms with van der Waals surface area (Å²) in [5, 5.41) is 2.89. The van der Waals surface area contributed by atoms with Crippen molar-refractivity contribution in [1.29, 1.82) is 0 Å². The van der Waals surface area contributed by atoms with E-state index in [0.29, 0.717) is 25.1 Å². The third kappa shape index (κ3) is 6.07. The normalized spacial score (nSPS) is 10.7. The minimum Gasteiger partial charge on any atom is -0.493 e. The van der Waals surface area contributed by atoms with E-state index in [4.69, 9.17) is 9.72 Å². The molecule has 0 radical (unpaired) electrons. The summed E-state index contributed by atoms with van der Waals surface area (Å²) in [6.07, 6.45) is 5.31. The summed E-state index contributed by atoms with van der Waals surface area (Å²) in [5.41, 5.74) is 3.79. The van der Waals surface area contributed by atoms with Gasteiger partial charge in [-0.15, -0.1) is 6.58 Å². The molecular formula is C26H31N3O2. The van der Waals surface area contributed by atoms with Gasteiger partial charge in [-0.05, 0) is 49.9 Å². The lowest BCUT2D eigenvalue weighted by atomic mass is 10.1. The number of carbonyl (C=O) groups is 1. The Morgan fingerprint density at radius 3 is 2.74 bits per heavy atom. The number of rotatable bonds is 12. The number of fused-ring (bicyclic) bond motifs is 1. The molecule has 0 atom stereocenters. The van der Waals surface area contributed by atoms with Crippen LogP contribution < -0.4 is 10.1 Å². The first-order chi connectivity index (χ1) is 15.1. The minimum absolute atomic E-state index is 0.114. The summed E-state index contributed by atoms with van der Waals surface area (Å²) < 4.78 is 8.27. The summed E-state index contributed by atoms with van der Waals surface area (Å²) in [7, 11) is 0. The van der Waals surface area contributed by atoms with Gasteiger partial charge in [0.25, 0.3) is 0 Å². The molecule has 0 saturated heterocycles. The molecule has 0 unspecified atom stereocenters. The molecule has 1 N–H and O–H groups in total. The fraction of sp³-hybridized carbons (Fsp3) is 0.308. The van der Waals surface area contributed by atoms with E-state index in [1.165, 1.54) is 0 Å². The van der Waals surface area contributed by atoms with Crippen LogP contribution in [-0.2, 0) is 24.2 Å². The number of para-hydroxylation sites is 3. The Morgan fingerprint density at radius 1 is 1.16 bits per heavy atom. The summed E-state index contributed by atoms with van der Waals surface area (Å²) >= 11 is 0. The van der Waals surface area contributed by atoms with Crippen molar-refractivity contribution in [3.63, 3.8) is 0 Å². The molecule has 3 rings (SSSR count). The van der Waals surface area contributed by atoms with E-state index in [9.17, 15) is 4.79 Å². The van der Waals surface area contributed by atoms with Gasteiger partial charge in [-0.25, -0.2) is 4.98 Å². The first kappa shape index (κ1) is 22.3. The Balaban J connectivity index is 1.57. The van der Waals surface area contributed by atoms with Gasteiger partial charge in [0.2, 0.25) is 5.91 Å². The van der Waals surface area contributed by atoms with Crippen LogP contribution in [0.1, 0.15) is 31.2 Å². The summed E-state index contributed by atoms with van der Waals surface area (Å²) in [6, 6.07) is 16.3. The van der Waals surface area contributed by atoms with Crippen molar-refractivity contribution in [2.24, 2.45) is 0 Å². The number of aryl methyl sites for hydroxylation is 1. The van der Waals surface area contributed by atoms with Gasteiger partial charge in [0.05, 0.1) is 17.6 Å². The number of aromatic nitrogens is 2. The van der Waals surface area contributed by atoms with Crippen molar-refractivity contribution in [2.75, 3.05) is 13.2 Å². The molecule has 5 nitrogen and oxygen atoms in total. The molecular weight excluding hydrogens is 386 g/mol. The first-order valence-corrected chi connectivity index (χ1v) is 10.8. The smallest absolute Gasteiger partial charge is 0.246 e. The van der Waals surface area contributed by atoms with Gasteiger partial charge in [0, 0.05) is 25.1 Å². The van der Waals surface area contributed by atoms with E-state index in [2.05, 4.69) is 35.2 Å². The third-order valence-electron chi connectivity index (χ3n) is 5.13. The van der Waals surface area contributed by atoms with Crippen LogP contribution in [0.15, 0.2) is 73.3 Å². The van der Waals surface area contributed by atoms with Crippen LogP contribution in [0.4, 0.5) is 0 Å². The number of amides is 1. The molecule has 1 heterocycles. The molecule has 3 aromatic rings. The van der Waals surface area contributed by atoms with Crippen LogP contribution in [-0.4, -0.2) is 28.6 Å². The van der Waals surface area contributed by atoms with Gasteiger partial charge in [0.15, 0.2) is 0 Å². The molecule has 162 valence electrons. The predicted molar refractivity (Wildman–Crippen MR) is 126 cm³/mol. The van der Waals surface area contributed by atoms with Crippen molar-refractivity contribution in [3.8, 4) is 5.75 Å². The molecule has 1 aromatic heterocycles. The maximum atomic E-state index is 11.8. The third-order valence-corrected chi connectivity index (χ3v) is 5.13. The number of hydrogen-bond acceptors (Lipinski definition) is 3. The average Bonchev–Trinajstić information content (AvgIpc) is 3.12. The molecule has 0 aliphatic rings. The highest BCUT2D eigenvalue weighted by Gasteiger charge is 2.11. The highest BCUT2D eigenvalue weighted by Crippen LogP contribution is 2.20. The highest BCUT2D eigenvalue weighted by molar-refractivity contribution is 5.92. The van der Waals surface area contributed by atoms with Crippen molar-refractivity contribution < 1.29 is 9.53 Å². The molecule has 2 aromatic carbocycles. The summed E-state index contributed by atoms with van der Waals surface area (Å²) in [6.45, 7) is 11.3. The quantitative estimate of drug-likeness (QED) is 0.260. The van der Waals surface area contributed by atoms with Gasteiger partial charge in [0.1, 0.15) is 11.6 Å². The topological polar surface area (TPSA) is 56.1 Å². The number of allylic oxidation sites excluding steroid dienone is 1.